The van der Waals surface area contributed by atoms with Crippen LogP contribution < -0.4 is 10.5 Å². The Morgan fingerprint density at radius 2 is 2.04 bits per heavy atom. The highest BCUT2D eigenvalue weighted by Crippen LogP contribution is 2.28. The minimum absolute atomic E-state index is 0.131. The molecule has 0 fully saturated rings. The van der Waals surface area contributed by atoms with Crippen LogP contribution in [0.2, 0.25) is 0 Å². The van der Waals surface area contributed by atoms with Crippen molar-refractivity contribution in [1.82, 2.24) is 9.71 Å². The quantitative estimate of drug-likeness (QED) is 0.744. The van der Waals surface area contributed by atoms with Crippen LogP contribution in [0.3, 0.4) is 0 Å². The zero-order valence-corrected chi connectivity index (χ0v) is 13.4. The fraction of sp³-hybridized carbons (Fsp3) is 0.188. The Morgan fingerprint density at radius 1 is 1.22 bits per heavy atom. The summed E-state index contributed by atoms with van der Waals surface area (Å²) in [5, 5.41) is 0.981. The van der Waals surface area contributed by atoms with Crippen LogP contribution in [0.5, 0.6) is 0 Å². The first kappa shape index (κ1) is 15.7. The van der Waals surface area contributed by atoms with Gasteiger partial charge in [-0.1, -0.05) is 6.07 Å². The van der Waals surface area contributed by atoms with Crippen molar-refractivity contribution in [2.24, 2.45) is 5.73 Å². The highest BCUT2D eigenvalue weighted by Gasteiger charge is 2.14. The molecular weight excluding hydrogens is 314 g/mol. The van der Waals surface area contributed by atoms with Gasteiger partial charge in [0.25, 0.3) is 0 Å². The number of fused-ring (bicyclic) bond motifs is 1. The summed E-state index contributed by atoms with van der Waals surface area (Å²) in [6, 6.07) is 7.31. The first-order valence-corrected chi connectivity index (χ1v) is 8.62. The van der Waals surface area contributed by atoms with Crippen LogP contribution in [-0.4, -0.2) is 27.0 Å². The van der Waals surface area contributed by atoms with E-state index in [0.29, 0.717) is 6.54 Å². The summed E-state index contributed by atoms with van der Waals surface area (Å²) in [5.41, 5.74) is 9.04. The Hall–Kier alpha value is -2.22. The van der Waals surface area contributed by atoms with E-state index in [-0.39, 0.29) is 4.90 Å². The topological polar surface area (TPSA) is 98.2 Å². The second-order valence-corrected chi connectivity index (χ2v) is 7.01. The van der Waals surface area contributed by atoms with Gasteiger partial charge in [0.2, 0.25) is 10.0 Å². The molecule has 0 amide bonds. The molecule has 120 valence electrons. The minimum atomic E-state index is -3.52. The molecule has 0 unspecified atom stereocenters. The molecule has 1 aromatic carbocycles. The molecule has 6 nitrogen and oxygen atoms in total. The molecule has 0 saturated carbocycles. The lowest BCUT2D eigenvalue weighted by Gasteiger charge is -2.06. The summed E-state index contributed by atoms with van der Waals surface area (Å²) in [7, 11) is -2.15. The third kappa shape index (κ3) is 2.98. The van der Waals surface area contributed by atoms with Crippen LogP contribution in [0.25, 0.3) is 22.1 Å². The largest absolute Gasteiger partial charge is 0.464 e. The summed E-state index contributed by atoms with van der Waals surface area (Å²) in [6.45, 7) is 0.538. The molecule has 0 atom stereocenters. The highest BCUT2D eigenvalue weighted by molar-refractivity contribution is 7.89. The van der Waals surface area contributed by atoms with Gasteiger partial charge < -0.3 is 10.2 Å². The predicted molar refractivity (Wildman–Crippen MR) is 88.4 cm³/mol. The number of hydrogen-bond acceptors (Lipinski definition) is 5. The van der Waals surface area contributed by atoms with Gasteiger partial charge in [0.05, 0.1) is 6.26 Å². The standard InChI is InChI=1S/C16H17N3O3S/c1-18-23(20,21)14-6-13(8-19-9-14)11-2-3-16-15(7-11)12(4-5-17)10-22-16/h2-3,6-10,18H,4-5,17H2,1H3. The lowest BCUT2D eigenvalue weighted by molar-refractivity contribution is 0.588. The van der Waals surface area contributed by atoms with Crippen LogP contribution in [0.4, 0.5) is 0 Å². The molecule has 3 N–H and O–H groups in total. The number of pyridine rings is 1. The average molecular weight is 331 g/mol. The Bertz CT molecular complexity index is 948. The van der Waals surface area contributed by atoms with Gasteiger partial charge in [-0.2, -0.15) is 0 Å². The fourth-order valence-corrected chi connectivity index (χ4v) is 3.17. The molecule has 7 heteroatoms. The number of nitrogens with one attached hydrogen (secondary N) is 1. The van der Waals surface area contributed by atoms with E-state index in [1.165, 1.54) is 13.2 Å². The smallest absolute Gasteiger partial charge is 0.241 e. The summed E-state index contributed by atoms with van der Waals surface area (Å²) < 4.78 is 31.6. The van der Waals surface area contributed by atoms with Gasteiger partial charge in [-0.25, -0.2) is 13.1 Å². The zero-order valence-electron chi connectivity index (χ0n) is 12.6. The van der Waals surface area contributed by atoms with Gasteiger partial charge in [0.15, 0.2) is 0 Å². The molecule has 3 aromatic rings. The van der Waals surface area contributed by atoms with Crippen LogP contribution >= 0.6 is 0 Å². The van der Waals surface area contributed by atoms with E-state index in [9.17, 15) is 8.42 Å². The van der Waals surface area contributed by atoms with E-state index < -0.39 is 10.0 Å². The van der Waals surface area contributed by atoms with Crippen molar-refractivity contribution in [3.63, 3.8) is 0 Å². The number of furan rings is 1. The van der Waals surface area contributed by atoms with E-state index in [1.54, 1.807) is 18.5 Å². The maximum absolute atomic E-state index is 11.9. The monoisotopic (exact) mass is 331 g/mol. The van der Waals surface area contributed by atoms with E-state index in [4.69, 9.17) is 10.2 Å². The fourth-order valence-electron chi connectivity index (χ4n) is 2.45. The number of nitrogens with two attached hydrogens (primary N) is 1. The number of benzene rings is 1. The molecule has 0 aliphatic carbocycles. The van der Waals surface area contributed by atoms with Gasteiger partial charge in [0.1, 0.15) is 10.5 Å². The predicted octanol–water partition coefficient (Wildman–Crippen LogP) is 1.90. The Balaban J connectivity index is 2.10. The normalized spacial score (nSPS) is 11.9. The molecule has 0 radical (unpaired) electrons. The highest BCUT2D eigenvalue weighted by atomic mass is 32.2. The van der Waals surface area contributed by atoms with Gasteiger partial charge >= 0.3 is 0 Å². The zero-order chi connectivity index (χ0) is 16.4. The van der Waals surface area contributed by atoms with Crippen molar-refractivity contribution in [1.29, 1.82) is 0 Å². The van der Waals surface area contributed by atoms with Crippen molar-refractivity contribution < 1.29 is 12.8 Å². The molecule has 23 heavy (non-hydrogen) atoms. The van der Waals surface area contributed by atoms with Gasteiger partial charge in [-0.05, 0) is 49.3 Å². The van der Waals surface area contributed by atoms with Crippen LogP contribution in [0.15, 0.2) is 52.2 Å². The van der Waals surface area contributed by atoms with Crippen LogP contribution in [-0.2, 0) is 16.4 Å². The summed E-state index contributed by atoms with van der Waals surface area (Å²) in [4.78, 5) is 4.17. The van der Waals surface area contributed by atoms with E-state index in [1.807, 2.05) is 18.2 Å². The lowest BCUT2D eigenvalue weighted by atomic mass is 10.0. The van der Waals surface area contributed by atoms with Gasteiger partial charge in [0, 0.05) is 23.3 Å². The Morgan fingerprint density at radius 3 is 2.78 bits per heavy atom. The summed E-state index contributed by atoms with van der Waals surface area (Å²) >= 11 is 0. The Kier molecular flexibility index (Phi) is 4.16. The first-order valence-electron chi connectivity index (χ1n) is 7.14. The third-order valence-corrected chi connectivity index (χ3v) is 5.07. The van der Waals surface area contributed by atoms with Crippen molar-refractivity contribution in [3.05, 3.63) is 48.5 Å². The minimum Gasteiger partial charge on any atom is -0.464 e. The maximum atomic E-state index is 11.9. The molecule has 0 bridgehead atoms. The van der Waals surface area contributed by atoms with Crippen LogP contribution in [0, 0.1) is 0 Å². The average Bonchev–Trinajstić information content (AvgIpc) is 2.98. The molecule has 0 spiro atoms. The molecule has 0 saturated heterocycles. The molecule has 0 aliphatic heterocycles. The summed E-state index contributed by atoms with van der Waals surface area (Å²) in [6.07, 6.45) is 5.40. The molecule has 2 aromatic heterocycles. The van der Waals surface area contributed by atoms with Crippen molar-refractivity contribution in [2.75, 3.05) is 13.6 Å². The van der Waals surface area contributed by atoms with Crippen molar-refractivity contribution >= 4 is 21.0 Å². The second-order valence-electron chi connectivity index (χ2n) is 5.13. The first-order chi connectivity index (χ1) is 11.0. The second kappa shape index (κ2) is 6.11. The van der Waals surface area contributed by atoms with E-state index >= 15 is 0 Å². The molecular formula is C16H17N3O3S. The summed E-state index contributed by atoms with van der Waals surface area (Å²) in [5.74, 6) is 0. The number of sulfonamides is 1. The molecule has 3 rings (SSSR count). The molecule has 2 heterocycles. The SMILES string of the molecule is CNS(=O)(=O)c1cncc(-c2ccc3occ(CCN)c3c2)c1. The maximum Gasteiger partial charge on any atom is 0.241 e. The van der Waals surface area contributed by atoms with Gasteiger partial charge in [-0.3, -0.25) is 4.98 Å². The lowest BCUT2D eigenvalue weighted by Crippen LogP contribution is -2.18. The number of rotatable bonds is 5. The van der Waals surface area contributed by atoms with Crippen molar-refractivity contribution in [3.8, 4) is 11.1 Å². The van der Waals surface area contributed by atoms with Gasteiger partial charge in [-0.15, -0.1) is 0 Å². The van der Waals surface area contributed by atoms with E-state index in [0.717, 1.165) is 34.1 Å². The van der Waals surface area contributed by atoms with E-state index in [2.05, 4.69) is 9.71 Å². The number of hydrogen-bond donors (Lipinski definition) is 2. The van der Waals surface area contributed by atoms with Crippen LogP contribution in [0.1, 0.15) is 5.56 Å². The third-order valence-electron chi connectivity index (χ3n) is 3.69. The van der Waals surface area contributed by atoms with Crippen molar-refractivity contribution in [2.45, 2.75) is 11.3 Å². The number of nitrogens with zero attached hydrogens (tertiary/aromatic N) is 1. The molecule has 0 aliphatic rings. The number of aromatic nitrogens is 1. The Labute approximate surface area is 134 Å².